The molecule has 7 nitrogen and oxygen atoms in total. The van der Waals surface area contributed by atoms with E-state index in [1.165, 1.54) is 0 Å². The number of rotatable bonds is 6. The normalized spacial score (nSPS) is 12.1. The molecule has 148 valence electrons. The molecule has 0 aliphatic carbocycles. The lowest BCUT2D eigenvalue weighted by Crippen LogP contribution is -2.28. The summed E-state index contributed by atoms with van der Waals surface area (Å²) in [5.41, 5.74) is 4.82. The number of aryl methyl sites for hydroxylation is 5. The average molecular weight is 382 g/mol. The quantitative estimate of drug-likeness (QED) is 0.703. The molecular weight excluding hydrogens is 356 g/mol. The van der Waals surface area contributed by atoms with E-state index in [4.69, 9.17) is 9.26 Å². The highest BCUT2D eigenvalue weighted by Gasteiger charge is 2.23. The van der Waals surface area contributed by atoms with Gasteiger partial charge in [0.05, 0.1) is 17.3 Å². The molecule has 1 N–H and O–H groups in total. The van der Waals surface area contributed by atoms with E-state index in [1.807, 2.05) is 59.1 Å². The van der Waals surface area contributed by atoms with Crippen LogP contribution in [0.15, 0.2) is 28.9 Å². The van der Waals surface area contributed by atoms with Crippen molar-refractivity contribution >= 4 is 5.91 Å². The highest BCUT2D eigenvalue weighted by atomic mass is 16.5. The molecule has 3 rings (SSSR count). The molecule has 7 heteroatoms. The monoisotopic (exact) mass is 382 g/mol. The Labute approximate surface area is 164 Å². The number of aromatic nitrogens is 3. The Morgan fingerprint density at radius 1 is 1.25 bits per heavy atom. The van der Waals surface area contributed by atoms with Gasteiger partial charge in [-0.3, -0.25) is 9.48 Å². The van der Waals surface area contributed by atoms with Gasteiger partial charge in [0.25, 0.3) is 5.91 Å². The van der Waals surface area contributed by atoms with Crippen LogP contribution in [0.25, 0.3) is 0 Å². The predicted molar refractivity (Wildman–Crippen MR) is 105 cm³/mol. The van der Waals surface area contributed by atoms with Crippen LogP contribution in [0.5, 0.6) is 5.75 Å². The molecule has 1 unspecified atom stereocenters. The van der Waals surface area contributed by atoms with Gasteiger partial charge < -0.3 is 14.6 Å². The topological polar surface area (TPSA) is 82.2 Å². The first-order chi connectivity index (χ1) is 13.3. The number of hydrogen-bond acceptors (Lipinski definition) is 5. The van der Waals surface area contributed by atoms with E-state index in [0.717, 1.165) is 28.1 Å². The number of ether oxygens (including phenoxy) is 1. The van der Waals surface area contributed by atoms with Crippen molar-refractivity contribution in [1.82, 2.24) is 20.3 Å². The molecule has 0 saturated carbocycles. The molecule has 1 amide bonds. The van der Waals surface area contributed by atoms with Crippen LogP contribution in [0.3, 0.4) is 0 Å². The van der Waals surface area contributed by atoms with E-state index in [-0.39, 0.29) is 24.2 Å². The molecule has 1 aromatic carbocycles. The van der Waals surface area contributed by atoms with Gasteiger partial charge in [-0.2, -0.15) is 5.10 Å². The number of carbonyl (C=O) groups excluding carboxylic acids is 1. The molecule has 0 fully saturated rings. The largest absolute Gasteiger partial charge is 0.488 e. The zero-order valence-electron chi connectivity index (χ0n) is 17.2. The van der Waals surface area contributed by atoms with E-state index in [9.17, 15) is 4.79 Å². The molecule has 0 radical (unpaired) electrons. The highest BCUT2D eigenvalue weighted by molar-refractivity contribution is 5.94. The number of hydrogen-bond donors (Lipinski definition) is 1. The first-order valence-electron chi connectivity index (χ1n) is 9.23. The van der Waals surface area contributed by atoms with E-state index >= 15 is 0 Å². The van der Waals surface area contributed by atoms with Crippen molar-refractivity contribution < 1.29 is 14.1 Å². The van der Waals surface area contributed by atoms with E-state index in [2.05, 4.69) is 15.6 Å². The molecule has 0 saturated heterocycles. The van der Waals surface area contributed by atoms with Gasteiger partial charge in [0, 0.05) is 18.8 Å². The summed E-state index contributed by atoms with van der Waals surface area (Å²) >= 11 is 0. The van der Waals surface area contributed by atoms with Crippen LogP contribution in [0.1, 0.15) is 57.2 Å². The zero-order chi connectivity index (χ0) is 20.4. The maximum absolute atomic E-state index is 12.8. The summed E-state index contributed by atoms with van der Waals surface area (Å²) in [6.07, 6.45) is 1.90. The van der Waals surface area contributed by atoms with Crippen LogP contribution < -0.4 is 10.1 Å². The number of nitrogens with one attached hydrogen (secondary N) is 1. The molecule has 0 aliphatic heterocycles. The van der Waals surface area contributed by atoms with E-state index in [1.54, 1.807) is 11.6 Å². The smallest absolute Gasteiger partial charge is 0.274 e. The Morgan fingerprint density at radius 2 is 1.93 bits per heavy atom. The Balaban J connectivity index is 1.76. The van der Waals surface area contributed by atoms with Gasteiger partial charge >= 0.3 is 0 Å². The summed E-state index contributed by atoms with van der Waals surface area (Å²) in [5, 5.41) is 11.3. The average Bonchev–Trinajstić information content (AvgIpc) is 3.16. The Morgan fingerprint density at radius 3 is 2.54 bits per heavy atom. The number of carbonyl (C=O) groups is 1. The fourth-order valence-corrected chi connectivity index (χ4v) is 3.30. The molecule has 0 aliphatic rings. The van der Waals surface area contributed by atoms with Gasteiger partial charge in [-0.05, 0) is 45.7 Å². The van der Waals surface area contributed by atoms with Crippen molar-refractivity contribution in [2.24, 2.45) is 7.05 Å². The Hall–Kier alpha value is -3.09. The van der Waals surface area contributed by atoms with Gasteiger partial charge in [-0.25, -0.2) is 0 Å². The summed E-state index contributed by atoms with van der Waals surface area (Å²) in [6.45, 7) is 9.82. The van der Waals surface area contributed by atoms with Crippen LogP contribution in [0, 0.1) is 27.7 Å². The van der Waals surface area contributed by atoms with Crippen molar-refractivity contribution in [2.45, 2.75) is 47.3 Å². The Kier molecular flexibility index (Phi) is 5.53. The lowest BCUT2D eigenvalue weighted by molar-refractivity contribution is 0.0928. The number of para-hydroxylation sites is 1. The second-order valence-electron chi connectivity index (χ2n) is 7.11. The van der Waals surface area contributed by atoms with Gasteiger partial charge in [-0.15, -0.1) is 0 Å². The minimum absolute atomic E-state index is 0.203. The van der Waals surface area contributed by atoms with Gasteiger partial charge in [0.2, 0.25) is 0 Å². The standard InChI is InChI=1S/C21H26N4O3/c1-12-8-7-9-13(2)20(12)27-11-18-16(5)28-24-19(18)21(26)22-14(3)17-10-25(6)23-15(17)4/h7-10,14H,11H2,1-6H3,(H,22,26). The molecule has 0 bridgehead atoms. The number of benzene rings is 1. The zero-order valence-corrected chi connectivity index (χ0v) is 17.2. The van der Waals surface area contributed by atoms with Crippen molar-refractivity contribution in [3.05, 3.63) is 63.8 Å². The molecule has 2 heterocycles. The highest BCUT2D eigenvalue weighted by Crippen LogP contribution is 2.25. The lowest BCUT2D eigenvalue weighted by atomic mass is 10.1. The molecular formula is C21H26N4O3. The molecule has 2 aromatic heterocycles. The third kappa shape index (κ3) is 3.93. The second kappa shape index (κ2) is 7.88. The Bertz CT molecular complexity index is 983. The summed E-state index contributed by atoms with van der Waals surface area (Å²) in [4.78, 5) is 12.8. The first kappa shape index (κ1) is 19.7. The molecule has 0 spiro atoms. The van der Waals surface area contributed by atoms with Crippen molar-refractivity contribution in [3.63, 3.8) is 0 Å². The van der Waals surface area contributed by atoms with Gasteiger partial charge in [-0.1, -0.05) is 23.4 Å². The third-order valence-corrected chi connectivity index (χ3v) is 4.83. The number of amides is 1. The van der Waals surface area contributed by atoms with Crippen LogP contribution in [0.2, 0.25) is 0 Å². The minimum Gasteiger partial charge on any atom is -0.488 e. The minimum atomic E-state index is -0.298. The van der Waals surface area contributed by atoms with E-state index < -0.39 is 0 Å². The summed E-state index contributed by atoms with van der Waals surface area (Å²) in [6, 6.07) is 5.77. The lowest BCUT2D eigenvalue weighted by Gasteiger charge is -2.14. The summed E-state index contributed by atoms with van der Waals surface area (Å²) < 4.78 is 13.0. The van der Waals surface area contributed by atoms with Gasteiger partial charge in [0.1, 0.15) is 18.1 Å². The van der Waals surface area contributed by atoms with Crippen molar-refractivity contribution in [3.8, 4) is 5.75 Å². The van der Waals surface area contributed by atoms with Crippen molar-refractivity contribution in [1.29, 1.82) is 0 Å². The molecule has 1 atom stereocenters. The van der Waals surface area contributed by atoms with Crippen LogP contribution in [0.4, 0.5) is 0 Å². The van der Waals surface area contributed by atoms with E-state index in [0.29, 0.717) is 11.3 Å². The fraction of sp³-hybridized carbons (Fsp3) is 0.381. The SMILES string of the molecule is Cc1cccc(C)c1OCc1c(C(=O)NC(C)c2cn(C)nc2C)noc1C. The maximum Gasteiger partial charge on any atom is 0.274 e. The fourth-order valence-electron chi connectivity index (χ4n) is 3.30. The maximum atomic E-state index is 12.8. The van der Waals surface area contributed by atoms with Crippen LogP contribution in [-0.2, 0) is 13.7 Å². The first-order valence-corrected chi connectivity index (χ1v) is 9.23. The molecule has 28 heavy (non-hydrogen) atoms. The van der Waals surface area contributed by atoms with Gasteiger partial charge in [0.15, 0.2) is 5.69 Å². The number of nitrogens with zero attached hydrogens (tertiary/aromatic N) is 3. The summed E-state index contributed by atoms with van der Waals surface area (Å²) in [5.74, 6) is 1.09. The summed E-state index contributed by atoms with van der Waals surface area (Å²) in [7, 11) is 1.86. The predicted octanol–water partition coefficient (Wildman–Crippen LogP) is 3.71. The molecule has 3 aromatic rings. The van der Waals surface area contributed by atoms with Crippen molar-refractivity contribution in [2.75, 3.05) is 0 Å². The van der Waals surface area contributed by atoms with Crippen LogP contribution >= 0.6 is 0 Å². The second-order valence-corrected chi connectivity index (χ2v) is 7.11. The van der Waals surface area contributed by atoms with Crippen LogP contribution in [-0.4, -0.2) is 20.8 Å². The third-order valence-electron chi connectivity index (χ3n) is 4.83.